The lowest BCUT2D eigenvalue weighted by Gasteiger charge is -1.60. The molecular formula is C4H14Br2Cl2P2. The van der Waals surface area contributed by atoms with Gasteiger partial charge in [-0.3, -0.25) is 0 Å². The molecule has 0 aliphatic heterocycles. The Bertz CT molecular complexity index is 27.2. The third kappa shape index (κ3) is 47.5. The maximum Gasteiger partial charge on any atom is 0.0623 e. The van der Waals surface area contributed by atoms with Gasteiger partial charge in [0.1, 0.15) is 0 Å². The molecule has 10 heavy (non-hydrogen) atoms. The van der Waals surface area contributed by atoms with Gasteiger partial charge in [-0.2, -0.15) is 0 Å². The van der Waals surface area contributed by atoms with E-state index in [1.54, 1.807) is 0 Å². The highest BCUT2D eigenvalue weighted by Crippen LogP contribution is 1.83. The van der Waals surface area contributed by atoms with Crippen LogP contribution in [0.5, 0.6) is 0 Å². The van der Waals surface area contributed by atoms with Gasteiger partial charge in [0.2, 0.25) is 0 Å². The molecule has 0 fully saturated rings. The lowest BCUT2D eigenvalue weighted by Crippen LogP contribution is -3.00. The van der Waals surface area contributed by atoms with Crippen molar-refractivity contribution in [2.45, 2.75) is 0 Å². The summed E-state index contributed by atoms with van der Waals surface area (Å²) in [7, 11) is 3.95. The Morgan fingerprint density at radius 3 is 0.900 bits per heavy atom. The Labute approximate surface area is 97.5 Å². The van der Waals surface area contributed by atoms with Crippen LogP contribution in [0.25, 0.3) is 0 Å². The summed E-state index contributed by atoms with van der Waals surface area (Å²) in [6.07, 6.45) is 2.53. The maximum absolute atomic E-state index is 3.26. The normalized spacial score (nSPS) is 6.60. The lowest BCUT2D eigenvalue weighted by atomic mass is 11.0. The van der Waals surface area contributed by atoms with Crippen molar-refractivity contribution in [3.8, 4) is 0 Å². The lowest BCUT2D eigenvalue weighted by molar-refractivity contribution is -0.00100. The summed E-state index contributed by atoms with van der Waals surface area (Å²) >= 11 is 6.51. The van der Waals surface area contributed by atoms with Gasteiger partial charge in [0.25, 0.3) is 0 Å². The molecule has 0 aliphatic carbocycles. The van der Waals surface area contributed by atoms with Crippen molar-refractivity contribution in [2.75, 3.05) is 23.0 Å². The van der Waals surface area contributed by atoms with Crippen molar-refractivity contribution in [1.82, 2.24) is 0 Å². The number of hydrogen-bond acceptors (Lipinski definition) is 0. The van der Waals surface area contributed by atoms with E-state index in [-0.39, 0.29) is 24.8 Å². The fraction of sp³-hybridized carbons (Fsp3) is 1.00. The highest BCUT2D eigenvalue weighted by Gasteiger charge is 1.64. The molecule has 2 atom stereocenters. The second-order valence-electron chi connectivity index (χ2n) is 1.09. The highest BCUT2D eigenvalue weighted by molar-refractivity contribution is 9.09. The number of alkyl halides is 2. The Hall–Kier alpha value is 2.40. The molecule has 0 aromatic carbocycles. The molecular weight excluding hydrogens is 341 g/mol. The smallest absolute Gasteiger partial charge is 0.0623 e. The van der Waals surface area contributed by atoms with Gasteiger partial charge in [-0.15, -0.1) is 0 Å². The van der Waals surface area contributed by atoms with Crippen LogP contribution in [0.15, 0.2) is 0 Å². The third-order valence-electron chi connectivity index (χ3n) is 0.267. The van der Waals surface area contributed by atoms with Crippen LogP contribution in [-0.2, 0) is 0 Å². The Morgan fingerprint density at radius 1 is 0.800 bits per heavy atom. The SMILES string of the molecule is [Cl-].[Cl-].[PH3+]CCBr.[PH3+]CCBr. The van der Waals surface area contributed by atoms with Crippen molar-refractivity contribution in [3.05, 3.63) is 0 Å². The first kappa shape index (κ1) is 22.8. The molecule has 0 aliphatic rings. The van der Waals surface area contributed by atoms with E-state index in [4.69, 9.17) is 0 Å². The van der Waals surface area contributed by atoms with E-state index in [0.29, 0.717) is 0 Å². The molecule has 0 nitrogen and oxygen atoms in total. The molecule has 0 aromatic heterocycles. The largest absolute Gasteiger partial charge is 1.00 e. The minimum absolute atomic E-state index is 0. The van der Waals surface area contributed by atoms with Crippen molar-refractivity contribution < 1.29 is 24.8 Å². The summed E-state index contributed by atoms with van der Waals surface area (Å²) in [6, 6.07) is 0. The minimum Gasteiger partial charge on any atom is -1.00 e. The van der Waals surface area contributed by atoms with Crippen LogP contribution in [-0.4, -0.2) is 23.0 Å². The van der Waals surface area contributed by atoms with Gasteiger partial charge < -0.3 is 24.8 Å². The van der Waals surface area contributed by atoms with Gasteiger partial charge in [0.15, 0.2) is 0 Å². The van der Waals surface area contributed by atoms with Crippen LogP contribution in [0, 0.1) is 0 Å². The van der Waals surface area contributed by atoms with Crippen LogP contribution in [0.4, 0.5) is 0 Å². The fourth-order valence-electron chi connectivity index (χ4n) is 0. The number of rotatable bonds is 2. The van der Waals surface area contributed by atoms with Gasteiger partial charge in [-0.05, 0) is 18.5 Å². The van der Waals surface area contributed by atoms with E-state index >= 15 is 0 Å². The molecule has 0 aromatic rings. The maximum atomic E-state index is 3.26. The molecule has 6 heteroatoms. The first-order chi connectivity index (χ1) is 3.83. The molecule has 0 N–H and O–H groups in total. The zero-order chi connectivity index (χ0) is 6.83. The molecule has 2 unspecified atom stereocenters. The summed E-state index contributed by atoms with van der Waals surface area (Å²) < 4.78 is 0. The van der Waals surface area contributed by atoms with Gasteiger partial charge in [0.05, 0.1) is 12.3 Å². The summed E-state index contributed by atoms with van der Waals surface area (Å²) in [5, 5.41) is 2.29. The van der Waals surface area contributed by atoms with Crippen molar-refractivity contribution >= 4 is 50.3 Å². The molecule has 0 bridgehead atoms. The van der Waals surface area contributed by atoms with Gasteiger partial charge in [-0.1, -0.05) is 31.9 Å². The van der Waals surface area contributed by atoms with E-state index in [2.05, 4.69) is 31.9 Å². The summed E-state index contributed by atoms with van der Waals surface area (Å²) in [5.41, 5.74) is 0. The molecule has 0 radical (unpaired) electrons. The number of hydrogen-bond donors (Lipinski definition) is 0. The Balaban J connectivity index is -0.0000000300. The number of halogens is 4. The summed E-state index contributed by atoms with van der Waals surface area (Å²) in [6.45, 7) is 0. The van der Waals surface area contributed by atoms with Crippen LogP contribution >= 0.6 is 50.3 Å². The van der Waals surface area contributed by atoms with E-state index in [1.165, 1.54) is 12.3 Å². The highest BCUT2D eigenvalue weighted by atomic mass is 79.9. The third-order valence-corrected chi connectivity index (χ3v) is 4.17. The zero-order valence-electron chi connectivity index (χ0n) is 5.75. The van der Waals surface area contributed by atoms with Crippen molar-refractivity contribution in [3.63, 3.8) is 0 Å². The fourth-order valence-corrected chi connectivity index (χ4v) is 0. The molecule has 0 spiro atoms. The summed E-state index contributed by atoms with van der Waals surface area (Å²) in [5.74, 6) is 0. The molecule has 0 rings (SSSR count). The van der Waals surface area contributed by atoms with Crippen molar-refractivity contribution in [1.29, 1.82) is 0 Å². The van der Waals surface area contributed by atoms with Crippen LogP contribution in [0.3, 0.4) is 0 Å². The average molecular weight is 355 g/mol. The average Bonchev–Trinajstić information content (AvgIpc) is 1.88. The van der Waals surface area contributed by atoms with Gasteiger partial charge in [0, 0.05) is 10.7 Å². The second kappa shape index (κ2) is 30.1. The molecule has 0 amide bonds. The van der Waals surface area contributed by atoms with Gasteiger partial charge >= 0.3 is 0 Å². The minimum atomic E-state index is 0. The zero-order valence-corrected chi connectivity index (χ0v) is 13.3. The first-order valence-corrected chi connectivity index (χ1v) is 6.78. The van der Waals surface area contributed by atoms with Crippen LogP contribution < -0.4 is 24.8 Å². The quantitative estimate of drug-likeness (QED) is 0.350. The van der Waals surface area contributed by atoms with Gasteiger partial charge in [-0.25, -0.2) is 0 Å². The monoisotopic (exact) mass is 352 g/mol. The van der Waals surface area contributed by atoms with E-state index < -0.39 is 0 Å². The second-order valence-corrected chi connectivity index (χ2v) is 4.09. The summed E-state index contributed by atoms with van der Waals surface area (Å²) in [4.78, 5) is 0. The topological polar surface area (TPSA) is 0 Å². The molecule has 0 heterocycles. The predicted octanol–water partition coefficient (Wildman–Crippen LogP) is -4.01. The van der Waals surface area contributed by atoms with E-state index in [1.807, 2.05) is 18.5 Å². The van der Waals surface area contributed by atoms with Crippen LogP contribution in [0.1, 0.15) is 0 Å². The molecule has 68 valence electrons. The standard InChI is InChI=1S/2C2H6BrP.2ClH/c2*3-1-2-4;;/h2*1-2,4H2;2*1H. The first-order valence-electron chi connectivity index (χ1n) is 2.53. The molecule has 0 saturated carbocycles. The predicted molar refractivity (Wildman–Crippen MR) is 59.5 cm³/mol. The molecule has 0 saturated heterocycles. The van der Waals surface area contributed by atoms with Crippen LogP contribution in [0.2, 0.25) is 0 Å². The van der Waals surface area contributed by atoms with Crippen molar-refractivity contribution in [2.24, 2.45) is 0 Å². The van der Waals surface area contributed by atoms with E-state index in [0.717, 1.165) is 10.7 Å². The Morgan fingerprint density at radius 2 is 0.900 bits per heavy atom. The van der Waals surface area contributed by atoms with E-state index in [9.17, 15) is 0 Å². The Kier molecular flexibility index (Phi) is 68.8.